The van der Waals surface area contributed by atoms with Gasteiger partial charge < -0.3 is 15.3 Å². The zero-order valence-electron chi connectivity index (χ0n) is 24.3. The predicted molar refractivity (Wildman–Crippen MR) is 156 cm³/mol. The molecule has 2 aromatic heterocycles. The molecule has 3 N–H and O–H groups in total. The molecular formula is C30H36FN5O5S. The average molecular weight is 598 g/mol. The van der Waals surface area contributed by atoms with E-state index in [0.717, 1.165) is 5.56 Å². The van der Waals surface area contributed by atoms with Gasteiger partial charge >= 0.3 is 6.09 Å². The third-order valence-corrected chi connectivity index (χ3v) is 8.60. The molecule has 1 aliphatic heterocycles. The Morgan fingerprint density at radius 3 is 2.36 bits per heavy atom. The summed E-state index contributed by atoms with van der Waals surface area (Å²) in [5.74, 6) is -1.93. The van der Waals surface area contributed by atoms with Gasteiger partial charge in [-0.25, -0.2) is 19.5 Å². The standard InChI is InChI=1S/C30H36FN5O5S/c1-29(2,3)23-15-14-21(26(31)33-23)27(37)35-42(40,41)25-13-9-12-24(34-25)32-22(20-10-7-6-8-11-20)16-19-17-30(4,5)36(18-19)28(38)39/h6-15,19,22H,16-18H2,1-5H3,(H,32,34)(H,35,37)(H,38,39)/t19-,22?/m0/s1. The molecule has 224 valence electrons. The number of sulfonamides is 1. The average Bonchev–Trinajstić information content (AvgIpc) is 3.22. The summed E-state index contributed by atoms with van der Waals surface area (Å²) in [4.78, 5) is 34.0. The van der Waals surface area contributed by atoms with E-state index in [1.807, 2.05) is 69.7 Å². The van der Waals surface area contributed by atoms with E-state index < -0.39 is 49.5 Å². The molecule has 1 aromatic carbocycles. The van der Waals surface area contributed by atoms with Crippen LogP contribution >= 0.6 is 0 Å². The zero-order chi connectivity index (χ0) is 30.9. The van der Waals surface area contributed by atoms with Crippen LogP contribution < -0.4 is 10.0 Å². The normalized spacial score (nSPS) is 17.5. The van der Waals surface area contributed by atoms with Crippen molar-refractivity contribution in [2.45, 2.75) is 69.5 Å². The molecular weight excluding hydrogens is 561 g/mol. The van der Waals surface area contributed by atoms with Gasteiger partial charge in [0.1, 0.15) is 5.82 Å². The molecule has 1 unspecified atom stereocenters. The van der Waals surface area contributed by atoms with E-state index in [4.69, 9.17) is 0 Å². The number of benzene rings is 1. The van der Waals surface area contributed by atoms with Crippen molar-refractivity contribution < 1.29 is 27.5 Å². The number of hydrogen-bond donors (Lipinski definition) is 3. The Kier molecular flexibility index (Phi) is 8.58. The molecule has 0 saturated carbocycles. The van der Waals surface area contributed by atoms with Crippen LogP contribution in [0.3, 0.4) is 0 Å². The van der Waals surface area contributed by atoms with Crippen LogP contribution in [0.5, 0.6) is 0 Å². The topological polar surface area (TPSA) is 142 Å². The highest BCUT2D eigenvalue weighted by Crippen LogP contribution is 2.38. The van der Waals surface area contributed by atoms with Crippen LogP contribution in [0, 0.1) is 11.9 Å². The minimum atomic E-state index is -4.46. The molecule has 2 amide bonds. The van der Waals surface area contributed by atoms with Gasteiger partial charge in [0.15, 0.2) is 5.03 Å². The van der Waals surface area contributed by atoms with Crippen molar-refractivity contribution in [3.05, 3.63) is 83.4 Å². The zero-order valence-corrected chi connectivity index (χ0v) is 25.1. The Bertz CT molecular complexity index is 1570. The number of rotatable bonds is 8. The van der Waals surface area contributed by atoms with Crippen LogP contribution in [0.1, 0.15) is 75.1 Å². The fraction of sp³-hybridized carbons (Fsp3) is 0.400. The highest BCUT2D eigenvalue weighted by atomic mass is 32.2. The molecule has 12 heteroatoms. The summed E-state index contributed by atoms with van der Waals surface area (Å²) in [6.07, 6.45) is 0.276. The van der Waals surface area contributed by atoms with E-state index in [-0.39, 0.29) is 17.8 Å². The Labute approximate surface area is 245 Å². The molecule has 0 radical (unpaired) electrons. The SMILES string of the molecule is CC(C)(C)c1ccc(C(=O)NS(=O)(=O)c2cccc(NC(C[C@@H]3CN(C(=O)O)C(C)(C)C3)c3ccccc3)n2)c(F)n1. The third-order valence-electron chi connectivity index (χ3n) is 7.37. The fourth-order valence-electron chi connectivity index (χ4n) is 5.25. The molecule has 1 aliphatic rings. The van der Waals surface area contributed by atoms with Gasteiger partial charge in [-0.3, -0.25) is 4.79 Å². The number of nitrogens with zero attached hydrogens (tertiary/aromatic N) is 3. The molecule has 3 heterocycles. The van der Waals surface area contributed by atoms with Gasteiger partial charge in [0.2, 0.25) is 5.95 Å². The molecule has 0 aliphatic carbocycles. The summed E-state index contributed by atoms with van der Waals surface area (Å²) in [6.45, 7) is 9.70. The highest BCUT2D eigenvalue weighted by molar-refractivity contribution is 7.90. The first-order chi connectivity index (χ1) is 19.6. The van der Waals surface area contributed by atoms with Crippen molar-refractivity contribution in [3.63, 3.8) is 0 Å². The molecule has 10 nitrogen and oxygen atoms in total. The van der Waals surface area contributed by atoms with Crippen molar-refractivity contribution in [1.82, 2.24) is 19.6 Å². The monoisotopic (exact) mass is 597 g/mol. The molecule has 1 saturated heterocycles. The lowest BCUT2D eigenvalue weighted by Crippen LogP contribution is -2.41. The molecule has 0 spiro atoms. The minimum absolute atomic E-state index is 0.0492. The Morgan fingerprint density at radius 1 is 1.07 bits per heavy atom. The van der Waals surface area contributed by atoms with Gasteiger partial charge in [0, 0.05) is 23.2 Å². The maximum Gasteiger partial charge on any atom is 0.407 e. The summed E-state index contributed by atoms with van der Waals surface area (Å²) in [5.41, 5.74) is -0.122. The van der Waals surface area contributed by atoms with Gasteiger partial charge in [-0.15, -0.1) is 0 Å². The third kappa shape index (κ3) is 7.04. The molecule has 42 heavy (non-hydrogen) atoms. The van der Waals surface area contributed by atoms with E-state index >= 15 is 0 Å². The second-order valence-corrected chi connectivity index (χ2v) is 13.8. The molecule has 4 rings (SSSR count). The van der Waals surface area contributed by atoms with Crippen molar-refractivity contribution in [2.75, 3.05) is 11.9 Å². The van der Waals surface area contributed by atoms with Crippen LogP contribution in [0.15, 0.2) is 65.7 Å². The molecule has 3 aromatic rings. The van der Waals surface area contributed by atoms with E-state index in [1.54, 1.807) is 6.07 Å². The van der Waals surface area contributed by atoms with Gasteiger partial charge in [0.25, 0.3) is 15.9 Å². The largest absolute Gasteiger partial charge is 0.465 e. The smallest absolute Gasteiger partial charge is 0.407 e. The Balaban J connectivity index is 1.54. The van der Waals surface area contributed by atoms with Crippen LogP contribution in [0.4, 0.5) is 15.0 Å². The second-order valence-electron chi connectivity index (χ2n) is 12.2. The summed E-state index contributed by atoms with van der Waals surface area (Å²) in [6, 6.07) is 16.2. The Hall–Kier alpha value is -4.06. The van der Waals surface area contributed by atoms with Crippen molar-refractivity contribution in [2.24, 2.45) is 5.92 Å². The number of anilines is 1. The number of carbonyl (C=O) groups is 2. The van der Waals surface area contributed by atoms with Gasteiger partial charge in [0.05, 0.1) is 11.6 Å². The van der Waals surface area contributed by atoms with Crippen molar-refractivity contribution >= 4 is 27.8 Å². The summed E-state index contributed by atoms with van der Waals surface area (Å²) in [5, 5.41) is 12.5. The van der Waals surface area contributed by atoms with Crippen LogP contribution in [0.2, 0.25) is 0 Å². The van der Waals surface area contributed by atoms with Crippen LogP contribution in [-0.2, 0) is 15.4 Å². The quantitative estimate of drug-likeness (QED) is 0.295. The van der Waals surface area contributed by atoms with Crippen molar-refractivity contribution in [1.29, 1.82) is 0 Å². The summed E-state index contributed by atoms with van der Waals surface area (Å²) < 4.78 is 42.7. The highest BCUT2D eigenvalue weighted by Gasteiger charge is 2.42. The first kappa shape index (κ1) is 30.9. The molecule has 2 atom stereocenters. The maximum absolute atomic E-state index is 14.6. The second kappa shape index (κ2) is 11.7. The number of pyridine rings is 2. The summed E-state index contributed by atoms with van der Waals surface area (Å²) in [7, 11) is -4.46. The number of aromatic nitrogens is 2. The number of hydrogen-bond acceptors (Lipinski definition) is 7. The number of carbonyl (C=O) groups excluding carboxylic acids is 1. The van der Waals surface area contributed by atoms with Gasteiger partial charge in [-0.05, 0) is 62.4 Å². The number of nitrogens with one attached hydrogen (secondary N) is 2. The van der Waals surface area contributed by atoms with Crippen molar-refractivity contribution in [3.8, 4) is 0 Å². The molecule has 1 fully saturated rings. The maximum atomic E-state index is 14.6. The first-order valence-electron chi connectivity index (χ1n) is 13.6. The Morgan fingerprint density at radius 2 is 1.76 bits per heavy atom. The number of halogens is 1. The predicted octanol–water partition coefficient (Wildman–Crippen LogP) is 5.35. The van der Waals surface area contributed by atoms with Gasteiger partial charge in [-0.2, -0.15) is 12.8 Å². The first-order valence-corrected chi connectivity index (χ1v) is 15.1. The minimum Gasteiger partial charge on any atom is -0.465 e. The summed E-state index contributed by atoms with van der Waals surface area (Å²) >= 11 is 0. The van der Waals surface area contributed by atoms with E-state index in [1.165, 1.54) is 29.2 Å². The number of likely N-dealkylation sites (tertiary alicyclic amines) is 1. The molecule has 0 bridgehead atoms. The lowest BCUT2D eigenvalue weighted by atomic mass is 9.89. The van der Waals surface area contributed by atoms with E-state index in [9.17, 15) is 27.5 Å². The van der Waals surface area contributed by atoms with Crippen LogP contribution in [-0.4, -0.2) is 52.5 Å². The lowest BCUT2D eigenvalue weighted by Gasteiger charge is -2.28. The van der Waals surface area contributed by atoms with E-state index in [2.05, 4.69) is 15.3 Å². The number of amides is 2. The van der Waals surface area contributed by atoms with Gasteiger partial charge in [-0.1, -0.05) is 57.2 Å². The number of carboxylic acid groups (broad SMARTS) is 1. The lowest BCUT2D eigenvalue weighted by molar-refractivity contribution is 0.0975. The van der Waals surface area contributed by atoms with Crippen LogP contribution in [0.25, 0.3) is 0 Å². The fourth-order valence-corrected chi connectivity index (χ4v) is 6.19. The van der Waals surface area contributed by atoms with E-state index in [0.29, 0.717) is 25.1 Å².